The van der Waals surface area contributed by atoms with Gasteiger partial charge in [0.05, 0.1) is 5.92 Å². The molecule has 21 heavy (non-hydrogen) atoms. The van der Waals surface area contributed by atoms with Gasteiger partial charge in [0.25, 0.3) is 0 Å². The maximum Gasteiger partial charge on any atom is 0.228 e. The van der Waals surface area contributed by atoms with Gasteiger partial charge in [0, 0.05) is 31.7 Å². The third kappa shape index (κ3) is 2.91. The van der Waals surface area contributed by atoms with Crippen molar-refractivity contribution < 1.29 is 14.0 Å². The summed E-state index contributed by atoms with van der Waals surface area (Å²) >= 11 is 0. The largest absolute Gasteiger partial charge is 0.342 e. The van der Waals surface area contributed by atoms with E-state index >= 15 is 0 Å². The van der Waals surface area contributed by atoms with Crippen LogP contribution in [0.2, 0.25) is 0 Å². The Kier molecular flexibility index (Phi) is 3.90. The molecule has 1 aromatic carbocycles. The Morgan fingerprint density at radius 2 is 1.95 bits per heavy atom. The number of halogens is 1. The van der Waals surface area contributed by atoms with Crippen molar-refractivity contribution in [1.29, 1.82) is 0 Å². The Bertz CT molecular complexity index is 555. The van der Waals surface area contributed by atoms with Crippen LogP contribution in [0.1, 0.15) is 25.7 Å². The van der Waals surface area contributed by atoms with Crippen LogP contribution < -0.4 is 4.90 Å². The molecule has 0 aliphatic carbocycles. The number of anilines is 1. The van der Waals surface area contributed by atoms with Gasteiger partial charge in [-0.25, -0.2) is 4.39 Å². The number of likely N-dealkylation sites (tertiary alicyclic amines) is 1. The van der Waals surface area contributed by atoms with E-state index in [-0.39, 0.29) is 30.0 Å². The molecule has 5 heteroatoms. The number of amides is 2. The molecular weight excluding hydrogens is 271 g/mol. The smallest absolute Gasteiger partial charge is 0.228 e. The van der Waals surface area contributed by atoms with E-state index in [1.54, 1.807) is 12.1 Å². The summed E-state index contributed by atoms with van der Waals surface area (Å²) in [5.41, 5.74) is 0.536. The summed E-state index contributed by atoms with van der Waals surface area (Å²) in [7, 11) is 0. The molecule has 112 valence electrons. The topological polar surface area (TPSA) is 40.6 Å². The number of nitrogens with zero attached hydrogens (tertiary/aromatic N) is 2. The van der Waals surface area contributed by atoms with E-state index in [0.717, 1.165) is 25.9 Å². The fourth-order valence-corrected chi connectivity index (χ4v) is 3.14. The van der Waals surface area contributed by atoms with Crippen LogP contribution in [-0.2, 0) is 9.59 Å². The first-order valence-electron chi connectivity index (χ1n) is 7.50. The summed E-state index contributed by atoms with van der Waals surface area (Å²) in [4.78, 5) is 28.0. The maximum absolute atomic E-state index is 13.3. The molecule has 2 fully saturated rings. The molecule has 3 rings (SSSR count). The Labute approximate surface area is 123 Å². The van der Waals surface area contributed by atoms with Crippen LogP contribution in [0, 0.1) is 11.7 Å². The normalized spacial score (nSPS) is 22.7. The van der Waals surface area contributed by atoms with Crippen molar-refractivity contribution in [2.75, 3.05) is 24.5 Å². The number of piperidine rings is 1. The quantitative estimate of drug-likeness (QED) is 0.837. The van der Waals surface area contributed by atoms with E-state index in [1.807, 2.05) is 4.90 Å². The van der Waals surface area contributed by atoms with Gasteiger partial charge in [-0.1, -0.05) is 6.07 Å². The number of rotatable bonds is 2. The molecule has 0 bridgehead atoms. The van der Waals surface area contributed by atoms with Crippen molar-refractivity contribution >= 4 is 17.5 Å². The molecule has 1 aromatic rings. The highest BCUT2D eigenvalue weighted by atomic mass is 19.1. The van der Waals surface area contributed by atoms with Gasteiger partial charge in [0.15, 0.2) is 0 Å². The van der Waals surface area contributed by atoms with Gasteiger partial charge in [0.2, 0.25) is 11.8 Å². The van der Waals surface area contributed by atoms with E-state index in [0.29, 0.717) is 12.2 Å². The van der Waals surface area contributed by atoms with Gasteiger partial charge in [-0.3, -0.25) is 9.59 Å². The minimum Gasteiger partial charge on any atom is -0.342 e. The van der Waals surface area contributed by atoms with Gasteiger partial charge < -0.3 is 9.80 Å². The molecule has 2 amide bonds. The van der Waals surface area contributed by atoms with Gasteiger partial charge in [-0.05, 0) is 37.5 Å². The lowest BCUT2D eigenvalue weighted by Gasteiger charge is -2.29. The van der Waals surface area contributed by atoms with E-state index in [9.17, 15) is 14.0 Å². The molecule has 2 aliphatic heterocycles. The van der Waals surface area contributed by atoms with Crippen LogP contribution in [-0.4, -0.2) is 36.3 Å². The highest BCUT2D eigenvalue weighted by Crippen LogP contribution is 2.27. The summed E-state index contributed by atoms with van der Waals surface area (Å²) in [6.07, 6.45) is 3.48. The Morgan fingerprint density at radius 1 is 1.19 bits per heavy atom. The van der Waals surface area contributed by atoms with Crippen molar-refractivity contribution in [3.05, 3.63) is 30.1 Å². The number of hydrogen-bond acceptors (Lipinski definition) is 2. The molecule has 1 atom stereocenters. The molecule has 2 saturated heterocycles. The fraction of sp³-hybridized carbons (Fsp3) is 0.500. The highest BCUT2D eigenvalue weighted by Gasteiger charge is 2.37. The van der Waals surface area contributed by atoms with Gasteiger partial charge in [-0.2, -0.15) is 0 Å². The maximum atomic E-state index is 13.3. The molecule has 0 radical (unpaired) electrons. The Morgan fingerprint density at radius 3 is 2.67 bits per heavy atom. The van der Waals surface area contributed by atoms with E-state index in [1.165, 1.54) is 23.5 Å². The zero-order valence-electron chi connectivity index (χ0n) is 11.9. The van der Waals surface area contributed by atoms with Crippen LogP contribution in [0.3, 0.4) is 0 Å². The standard InChI is InChI=1S/C16H19FN2O2/c17-13-5-4-6-14(10-13)19-11-12(9-15(19)20)16(21)18-7-2-1-3-8-18/h4-6,10,12H,1-3,7-9,11H2. The van der Waals surface area contributed by atoms with Crippen molar-refractivity contribution in [2.24, 2.45) is 5.92 Å². The van der Waals surface area contributed by atoms with Crippen molar-refractivity contribution in [3.63, 3.8) is 0 Å². The molecule has 0 aromatic heterocycles. The highest BCUT2D eigenvalue weighted by molar-refractivity contribution is 6.00. The lowest BCUT2D eigenvalue weighted by atomic mass is 10.0. The third-order valence-corrected chi connectivity index (χ3v) is 4.26. The summed E-state index contributed by atoms with van der Waals surface area (Å²) in [5, 5.41) is 0. The van der Waals surface area contributed by atoms with Gasteiger partial charge in [0.1, 0.15) is 5.82 Å². The van der Waals surface area contributed by atoms with Crippen molar-refractivity contribution in [3.8, 4) is 0 Å². The van der Waals surface area contributed by atoms with Crippen LogP contribution in [0.4, 0.5) is 10.1 Å². The summed E-state index contributed by atoms with van der Waals surface area (Å²) in [6, 6.07) is 5.97. The molecule has 2 heterocycles. The van der Waals surface area contributed by atoms with Gasteiger partial charge >= 0.3 is 0 Å². The molecule has 0 spiro atoms. The first-order valence-corrected chi connectivity index (χ1v) is 7.50. The summed E-state index contributed by atoms with van der Waals surface area (Å²) in [5.74, 6) is -0.692. The number of benzene rings is 1. The Hall–Kier alpha value is -1.91. The minimum atomic E-state index is -0.369. The van der Waals surface area contributed by atoms with E-state index < -0.39 is 0 Å². The molecule has 1 unspecified atom stereocenters. The summed E-state index contributed by atoms with van der Waals surface area (Å²) in [6.45, 7) is 1.95. The lowest BCUT2D eigenvalue weighted by molar-refractivity contribution is -0.136. The molecule has 0 saturated carbocycles. The molecule has 4 nitrogen and oxygen atoms in total. The molecular formula is C16H19FN2O2. The Balaban J connectivity index is 1.70. The average Bonchev–Trinajstić information content (AvgIpc) is 2.89. The van der Waals surface area contributed by atoms with E-state index in [2.05, 4.69) is 0 Å². The monoisotopic (exact) mass is 290 g/mol. The van der Waals surface area contributed by atoms with Gasteiger partial charge in [-0.15, -0.1) is 0 Å². The van der Waals surface area contributed by atoms with Crippen molar-refractivity contribution in [1.82, 2.24) is 4.90 Å². The van der Waals surface area contributed by atoms with E-state index in [4.69, 9.17) is 0 Å². The summed E-state index contributed by atoms with van der Waals surface area (Å²) < 4.78 is 13.3. The first-order chi connectivity index (χ1) is 10.1. The van der Waals surface area contributed by atoms with Crippen LogP contribution in [0.5, 0.6) is 0 Å². The third-order valence-electron chi connectivity index (χ3n) is 4.26. The fourth-order valence-electron chi connectivity index (χ4n) is 3.14. The van der Waals surface area contributed by atoms with Crippen LogP contribution >= 0.6 is 0 Å². The lowest BCUT2D eigenvalue weighted by Crippen LogP contribution is -2.40. The predicted molar refractivity (Wildman–Crippen MR) is 77.3 cm³/mol. The number of carbonyl (C=O) groups excluding carboxylic acids is 2. The molecule has 2 aliphatic rings. The second-order valence-electron chi connectivity index (χ2n) is 5.77. The second-order valence-corrected chi connectivity index (χ2v) is 5.77. The SMILES string of the molecule is O=C(C1CC(=O)N(c2cccc(F)c2)C1)N1CCCCC1. The van der Waals surface area contributed by atoms with Crippen LogP contribution in [0.25, 0.3) is 0 Å². The van der Waals surface area contributed by atoms with Crippen LogP contribution in [0.15, 0.2) is 24.3 Å². The van der Waals surface area contributed by atoms with Crippen molar-refractivity contribution in [2.45, 2.75) is 25.7 Å². The second kappa shape index (κ2) is 5.84. The number of carbonyl (C=O) groups is 2. The average molecular weight is 290 g/mol. The zero-order chi connectivity index (χ0) is 14.8. The predicted octanol–water partition coefficient (Wildman–Crippen LogP) is 2.19. The zero-order valence-corrected chi connectivity index (χ0v) is 11.9. The number of hydrogen-bond donors (Lipinski definition) is 0. The molecule has 0 N–H and O–H groups in total. The first kappa shape index (κ1) is 14.0. The minimum absolute atomic E-state index is 0.0713.